The molecule has 84 valence electrons. The van der Waals surface area contributed by atoms with E-state index in [4.69, 9.17) is 0 Å². The summed E-state index contributed by atoms with van der Waals surface area (Å²) in [6.45, 7) is 3.52. The van der Waals surface area contributed by atoms with Crippen LogP contribution in [0.3, 0.4) is 0 Å². The maximum Gasteiger partial charge on any atom is 0.216 e. The Balaban J connectivity index is 2.12. The van der Waals surface area contributed by atoms with Gasteiger partial charge in [0.15, 0.2) is 0 Å². The quantitative estimate of drug-likeness (QED) is 0.576. The highest BCUT2D eigenvalue weighted by Crippen LogP contribution is 1.93. The Bertz CT molecular complexity index is 376. The third-order valence-corrected chi connectivity index (χ3v) is 1.90. The monoisotopic (exact) mass is 216 g/mol. The summed E-state index contributed by atoms with van der Waals surface area (Å²) in [6, 6.07) is 9.86. The van der Waals surface area contributed by atoms with Gasteiger partial charge >= 0.3 is 0 Å². The third-order valence-electron chi connectivity index (χ3n) is 1.90. The predicted molar refractivity (Wildman–Crippen MR) is 64.9 cm³/mol. The second-order valence-corrected chi connectivity index (χ2v) is 3.33. The van der Waals surface area contributed by atoms with Crippen LogP contribution >= 0.6 is 0 Å². The molecule has 0 bridgehead atoms. The van der Waals surface area contributed by atoms with Crippen LogP contribution in [0.2, 0.25) is 0 Å². The Labute approximate surface area is 96.2 Å². The number of amides is 1. The summed E-state index contributed by atoms with van der Waals surface area (Å²) in [5, 5.41) is 5.83. The summed E-state index contributed by atoms with van der Waals surface area (Å²) in [5.74, 6) is 6.06. The van der Waals surface area contributed by atoms with E-state index < -0.39 is 0 Å². The van der Waals surface area contributed by atoms with Gasteiger partial charge in [-0.25, -0.2) is 0 Å². The van der Waals surface area contributed by atoms with Gasteiger partial charge < -0.3 is 10.6 Å². The van der Waals surface area contributed by atoms with Gasteiger partial charge in [0, 0.05) is 25.6 Å². The Hall–Kier alpha value is -1.79. The number of nitrogens with one attached hydrogen (secondary N) is 2. The first kappa shape index (κ1) is 12.3. The van der Waals surface area contributed by atoms with Crippen molar-refractivity contribution in [2.75, 3.05) is 19.6 Å². The highest BCUT2D eigenvalue weighted by molar-refractivity contribution is 5.72. The van der Waals surface area contributed by atoms with E-state index in [0.29, 0.717) is 13.1 Å². The van der Waals surface area contributed by atoms with Gasteiger partial charge in [0.05, 0.1) is 6.54 Å². The number of rotatable bonds is 4. The molecule has 0 aliphatic carbocycles. The van der Waals surface area contributed by atoms with Crippen LogP contribution < -0.4 is 10.6 Å². The molecule has 0 fully saturated rings. The van der Waals surface area contributed by atoms with Crippen molar-refractivity contribution in [2.24, 2.45) is 0 Å². The molecule has 0 atom stereocenters. The molecule has 1 aromatic rings. The van der Waals surface area contributed by atoms with E-state index in [2.05, 4.69) is 22.5 Å². The van der Waals surface area contributed by atoms with E-state index in [1.165, 1.54) is 6.92 Å². The molecule has 16 heavy (non-hydrogen) atoms. The van der Waals surface area contributed by atoms with Gasteiger partial charge in [0.2, 0.25) is 5.91 Å². The van der Waals surface area contributed by atoms with E-state index in [1.54, 1.807) is 0 Å². The Morgan fingerprint density at radius 1 is 1.25 bits per heavy atom. The smallest absolute Gasteiger partial charge is 0.216 e. The van der Waals surface area contributed by atoms with E-state index in [-0.39, 0.29) is 5.91 Å². The van der Waals surface area contributed by atoms with Crippen molar-refractivity contribution >= 4 is 5.91 Å². The van der Waals surface area contributed by atoms with Crippen molar-refractivity contribution in [3.8, 4) is 11.8 Å². The molecule has 2 N–H and O–H groups in total. The zero-order valence-electron chi connectivity index (χ0n) is 9.42. The molecule has 0 aromatic heterocycles. The van der Waals surface area contributed by atoms with Crippen molar-refractivity contribution in [3.63, 3.8) is 0 Å². The number of carbonyl (C=O) groups excluding carboxylic acids is 1. The summed E-state index contributed by atoms with van der Waals surface area (Å²) < 4.78 is 0. The number of carbonyl (C=O) groups is 1. The Kier molecular flexibility index (Phi) is 5.75. The molecule has 0 unspecified atom stereocenters. The van der Waals surface area contributed by atoms with Crippen molar-refractivity contribution < 1.29 is 4.79 Å². The second kappa shape index (κ2) is 7.49. The van der Waals surface area contributed by atoms with E-state index in [1.807, 2.05) is 30.3 Å². The minimum Gasteiger partial charge on any atom is -0.355 e. The number of hydrogen-bond acceptors (Lipinski definition) is 2. The first-order valence-electron chi connectivity index (χ1n) is 5.28. The molecular formula is C13H16N2O. The van der Waals surface area contributed by atoms with Crippen LogP contribution in [0.1, 0.15) is 12.5 Å². The molecule has 0 aliphatic heterocycles. The summed E-state index contributed by atoms with van der Waals surface area (Å²) in [5.41, 5.74) is 1.02. The van der Waals surface area contributed by atoms with Gasteiger partial charge in [0.1, 0.15) is 0 Å². The largest absolute Gasteiger partial charge is 0.355 e. The molecular weight excluding hydrogens is 200 g/mol. The Morgan fingerprint density at radius 3 is 2.69 bits per heavy atom. The van der Waals surface area contributed by atoms with Gasteiger partial charge in [-0.3, -0.25) is 4.79 Å². The zero-order chi connectivity index (χ0) is 11.6. The molecule has 0 radical (unpaired) electrons. The van der Waals surface area contributed by atoms with E-state index in [9.17, 15) is 4.79 Å². The van der Waals surface area contributed by atoms with Crippen LogP contribution in [0.4, 0.5) is 0 Å². The lowest BCUT2D eigenvalue weighted by atomic mass is 10.2. The van der Waals surface area contributed by atoms with E-state index >= 15 is 0 Å². The molecule has 1 amide bonds. The van der Waals surface area contributed by atoms with Gasteiger partial charge in [0.25, 0.3) is 0 Å². The summed E-state index contributed by atoms with van der Waals surface area (Å²) in [6.07, 6.45) is 0. The van der Waals surface area contributed by atoms with Gasteiger partial charge in [-0.1, -0.05) is 30.0 Å². The molecule has 0 spiro atoms. The molecule has 0 heterocycles. The van der Waals surface area contributed by atoms with Crippen LogP contribution in [-0.2, 0) is 4.79 Å². The fourth-order valence-electron chi connectivity index (χ4n) is 1.15. The summed E-state index contributed by atoms with van der Waals surface area (Å²) in [7, 11) is 0. The standard InChI is InChI=1S/C13H16N2O/c1-12(16)15-11-10-14-9-5-8-13-6-3-2-4-7-13/h2-4,6-7,14H,9-11H2,1H3,(H,15,16). The lowest BCUT2D eigenvalue weighted by molar-refractivity contribution is -0.118. The van der Waals surface area contributed by atoms with Crippen molar-refractivity contribution in [1.29, 1.82) is 0 Å². The lowest BCUT2D eigenvalue weighted by Gasteiger charge is -2.00. The third kappa shape index (κ3) is 5.84. The fourth-order valence-corrected chi connectivity index (χ4v) is 1.15. The Morgan fingerprint density at radius 2 is 2.00 bits per heavy atom. The zero-order valence-corrected chi connectivity index (χ0v) is 9.42. The second-order valence-electron chi connectivity index (χ2n) is 3.33. The fraction of sp³-hybridized carbons (Fsp3) is 0.308. The van der Waals surface area contributed by atoms with Gasteiger partial charge in [-0.15, -0.1) is 0 Å². The topological polar surface area (TPSA) is 41.1 Å². The normalized spacial score (nSPS) is 9.06. The maximum atomic E-state index is 10.6. The minimum atomic E-state index is -0.00262. The van der Waals surface area contributed by atoms with E-state index in [0.717, 1.165) is 12.1 Å². The molecule has 3 heteroatoms. The van der Waals surface area contributed by atoms with Crippen LogP contribution in [0.5, 0.6) is 0 Å². The molecule has 0 saturated heterocycles. The average molecular weight is 216 g/mol. The van der Waals surface area contributed by atoms with Crippen molar-refractivity contribution in [2.45, 2.75) is 6.92 Å². The van der Waals surface area contributed by atoms with Gasteiger partial charge in [-0.2, -0.15) is 0 Å². The molecule has 0 saturated carbocycles. The summed E-state index contributed by atoms with van der Waals surface area (Å²) in [4.78, 5) is 10.6. The first-order chi connectivity index (χ1) is 7.79. The maximum absolute atomic E-state index is 10.6. The van der Waals surface area contributed by atoms with Crippen LogP contribution in [0.25, 0.3) is 0 Å². The number of benzene rings is 1. The predicted octanol–water partition coefficient (Wildman–Crippen LogP) is 0.764. The van der Waals surface area contributed by atoms with Crippen LogP contribution in [0.15, 0.2) is 30.3 Å². The van der Waals surface area contributed by atoms with Crippen LogP contribution in [-0.4, -0.2) is 25.5 Å². The lowest BCUT2D eigenvalue weighted by Crippen LogP contribution is -2.30. The molecule has 3 nitrogen and oxygen atoms in total. The average Bonchev–Trinajstić information content (AvgIpc) is 2.29. The van der Waals surface area contributed by atoms with Crippen LogP contribution in [0, 0.1) is 11.8 Å². The molecule has 1 aromatic carbocycles. The van der Waals surface area contributed by atoms with Crippen molar-refractivity contribution in [1.82, 2.24) is 10.6 Å². The van der Waals surface area contributed by atoms with Gasteiger partial charge in [-0.05, 0) is 12.1 Å². The summed E-state index contributed by atoms with van der Waals surface area (Å²) >= 11 is 0. The number of hydrogen-bond donors (Lipinski definition) is 2. The highest BCUT2D eigenvalue weighted by Gasteiger charge is 1.88. The van der Waals surface area contributed by atoms with Crippen molar-refractivity contribution in [3.05, 3.63) is 35.9 Å². The minimum absolute atomic E-state index is 0.00262. The first-order valence-corrected chi connectivity index (χ1v) is 5.28. The SMILES string of the molecule is CC(=O)NCCNCC#Cc1ccccc1. The molecule has 1 rings (SSSR count). The highest BCUT2D eigenvalue weighted by atomic mass is 16.1. The molecule has 0 aliphatic rings.